The molecule has 0 bridgehead atoms. The highest BCUT2D eigenvalue weighted by molar-refractivity contribution is 6.08. The van der Waals surface area contributed by atoms with Crippen LogP contribution in [0, 0.1) is 11.8 Å². The van der Waals surface area contributed by atoms with Gasteiger partial charge in [0, 0.05) is 7.05 Å². The summed E-state index contributed by atoms with van der Waals surface area (Å²) < 4.78 is 4.99. The average Bonchev–Trinajstić information content (AvgIpc) is 2.85. The molecule has 1 aliphatic carbocycles. The Morgan fingerprint density at radius 1 is 1.12 bits per heavy atom. The largest absolute Gasteiger partial charge is 0.451 e. The van der Waals surface area contributed by atoms with Crippen molar-refractivity contribution in [3.8, 4) is 0 Å². The fourth-order valence-electron chi connectivity index (χ4n) is 2.92. The molecule has 2 N–H and O–H groups in total. The van der Waals surface area contributed by atoms with Gasteiger partial charge in [-0.3, -0.25) is 24.6 Å². The monoisotopic (exact) mass is 351 g/mol. The van der Waals surface area contributed by atoms with Gasteiger partial charge in [-0.15, -0.1) is 0 Å². The summed E-state index contributed by atoms with van der Waals surface area (Å²) in [5, 5.41) is 4.18. The van der Waals surface area contributed by atoms with E-state index in [9.17, 15) is 24.0 Å². The summed E-state index contributed by atoms with van der Waals surface area (Å²) in [6.07, 6.45) is 3.40. The maximum Gasteiger partial charge on any atom is 0.329 e. The summed E-state index contributed by atoms with van der Waals surface area (Å²) >= 11 is 0. The number of urea groups is 1. The topological polar surface area (TPSA) is 122 Å². The predicted octanol–water partition coefficient (Wildman–Crippen LogP) is -0.287. The van der Waals surface area contributed by atoms with Crippen molar-refractivity contribution < 1.29 is 28.7 Å². The predicted molar refractivity (Wildman–Crippen MR) is 84.8 cm³/mol. The van der Waals surface area contributed by atoms with Crippen LogP contribution in [0.2, 0.25) is 0 Å². The number of likely N-dealkylation sites (tertiary alicyclic amines) is 1. The number of nitrogens with one attached hydrogen (secondary N) is 2. The third kappa shape index (κ3) is 3.70. The third-order valence-electron chi connectivity index (χ3n) is 4.40. The minimum atomic E-state index is -1.25. The van der Waals surface area contributed by atoms with Gasteiger partial charge in [-0.05, 0) is 26.7 Å². The fraction of sp³-hybridized carbons (Fsp3) is 0.562. The Kier molecular flexibility index (Phi) is 5.55. The molecule has 1 heterocycles. The summed E-state index contributed by atoms with van der Waals surface area (Å²) in [7, 11) is 1.33. The second-order valence-electron chi connectivity index (χ2n) is 6.03. The zero-order valence-electron chi connectivity index (χ0n) is 14.3. The van der Waals surface area contributed by atoms with E-state index in [1.165, 1.54) is 20.9 Å². The molecule has 4 atom stereocenters. The molecule has 9 heteroatoms. The molecule has 0 saturated carbocycles. The molecule has 9 nitrogen and oxygen atoms in total. The third-order valence-corrected chi connectivity index (χ3v) is 4.40. The zero-order chi connectivity index (χ0) is 18.7. The first-order chi connectivity index (χ1) is 11.8. The summed E-state index contributed by atoms with van der Waals surface area (Å²) in [6.45, 7) is 2.67. The van der Waals surface area contributed by atoms with Gasteiger partial charge in [0.15, 0.2) is 6.10 Å². The zero-order valence-corrected chi connectivity index (χ0v) is 14.3. The quantitative estimate of drug-likeness (QED) is 0.408. The van der Waals surface area contributed by atoms with Crippen molar-refractivity contribution in [1.82, 2.24) is 15.5 Å². The first kappa shape index (κ1) is 18.6. The summed E-state index contributed by atoms with van der Waals surface area (Å²) in [6, 6.07) is -1.87. The van der Waals surface area contributed by atoms with E-state index in [0.717, 1.165) is 4.90 Å². The van der Waals surface area contributed by atoms with E-state index in [4.69, 9.17) is 4.74 Å². The van der Waals surface area contributed by atoms with Gasteiger partial charge in [0.25, 0.3) is 5.91 Å². The molecule has 0 unspecified atom stereocenters. The van der Waals surface area contributed by atoms with Crippen molar-refractivity contribution in [2.45, 2.75) is 38.8 Å². The van der Waals surface area contributed by atoms with E-state index in [1.807, 2.05) is 17.5 Å². The number of ether oxygens (including phenoxy) is 1. The van der Waals surface area contributed by atoms with Crippen molar-refractivity contribution in [3.63, 3.8) is 0 Å². The fourth-order valence-corrected chi connectivity index (χ4v) is 2.92. The molecule has 1 aliphatic heterocycles. The summed E-state index contributed by atoms with van der Waals surface area (Å²) in [5.41, 5.74) is 0. The van der Waals surface area contributed by atoms with E-state index in [1.54, 1.807) is 0 Å². The summed E-state index contributed by atoms with van der Waals surface area (Å²) in [4.78, 5) is 60.8. The number of allylic oxidation sites excluding steroid dienone is 2. The molecule has 1 fully saturated rings. The minimum Gasteiger partial charge on any atom is -0.451 e. The number of imide groups is 2. The smallest absolute Gasteiger partial charge is 0.329 e. The number of carbonyl (C=O) groups is 5. The maximum atomic E-state index is 12.4. The van der Waals surface area contributed by atoms with E-state index in [0.29, 0.717) is 12.8 Å². The molecule has 136 valence electrons. The van der Waals surface area contributed by atoms with Crippen LogP contribution in [0.4, 0.5) is 4.79 Å². The second-order valence-corrected chi connectivity index (χ2v) is 6.03. The number of esters is 1. The Morgan fingerprint density at radius 3 is 2.12 bits per heavy atom. The molecule has 0 radical (unpaired) electrons. The normalized spacial score (nSPS) is 24.4. The molecule has 0 aromatic rings. The van der Waals surface area contributed by atoms with Crippen molar-refractivity contribution in [2.75, 3.05) is 7.05 Å². The molecule has 1 saturated heterocycles. The lowest BCUT2D eigenvalue weighted by molar-refractivity contribution is -0.163. The average molecular weight is 351 g/mol. The molecule has 2 rings (SSSR count). The molecule has 0 spiro atoms. The van der Waals surface area contributed by atoms with Crippen LogP contribution in [0.25, 0.3) is 0 Å². The number of rotatable bonds is 4. The lowest BCUT2D eigenvalue weighted by Crippen LogP contribution is -2.48. The van der Waals surface area contributed by atoms with Gasteiger partial charge in [-0.2, -0.15) is 0 Å². The Hall–Kier alpha value is -2.71. The Bertz CT molecular complexity index is 618. The number of fused-ring (bicyclic) bond motifs is 1. The van der Waals surface area contributed by atoms with Crippen LogP contribution in [0.5, 0.6) is 0 Å². The lowest BCUT2D eigenvalue weighted by Gasteiger charge is -2.23. The van der Waals surface area contributed by atoms with Gasteiger partial charge >= 0.3 is 12.0 Å². The molecule has 0 aromatic heterocycles. The van der Waals surface area contributed by atoms with Gasteiger partial charge in [-0.25, -0.2) is 9.59 Å². The van der Waals surface area contributed by atoms with Crippen molar-refractivity contribution in [2.24, 2.45) is 11.8 Å². The maximum absolute atomic E-state index is 12.4. The SMILES string of the molecule is CNC(=O)NC(=O)[C@@H](C)OC(=O)[C@H](C)N1C(=O)[C@H]2CC=CC[C@H]2C1=O. The molecule has 5 amide bonds. The standard InChI is InChI=1S/C16H21N3O6/c1-8(15(23)25-9(2)12(20)18-16(24)17-3)19-13(21)10-6-4-5-7-11(10)14(19)22/h4-5,8-11H,6-7H2,1-3H3,(H2,17,18,20,24)/t8-,9+,10-,11+/m0/s1. The van der Waals surface area contributed by atoms with Gasteiger partial charge in [0.1, 0.15) is 6.04 Å². The van der Waals surface area contributed by atoms with Crippen molar-refractivity contribution in [1.29, 1.82) is 0 Å². The van der Waals surface area contributed by atoms with Crippen molar-refractivity contribution >= 4 is 29.7 Å². The van der Waals surface area contributed by atoms with Crippen LogP contribution in [0.15, 0.2) is 12.2 Å². The highest BCUT2D eigenvalue weighted by atomic mass is 16.5. The van der Waals surface area contributed by atoms with Crippen LogP contribution < -0.4 is 10.6 Å². The minimum absolute atomic E-state index is 0.397. The molecule has 25 heavy (non-hydrogen) atoms. The number of hydrogen-bond donors (Lipinski definition) is 2. The van der Waals surface area contributed by atoms with Crippen LogP contribution in [0.3, 0.4) is 0 Å². The second kappa shape index (κ2) is 7.45. The van der Waals surface area contributed by atoms with Crippen LogP contribution >= 0.6 is 0 Å². The number of hydrogen-bond acceptors (Lipinski definition) is 6. The Morgan fingerprint density at radius 2 is 1.64 bits per heavy atom. The van der Waals surface area contributed by atoms with E-state index >= 15 is 0 Å². The summed E-state index contributed by atoms with van der Waals surface area (Å²) in [5.74, 6) is -3.37. The number of nitrogens with zero attached hydrogens (tertiary/aromatic N) is 1. The first-order valence-corrected chi connectivity index (χ1v) is 8.02. The van der Waals surface area contributed by atoms with Gasteiger partial charge in [0.2, 0.25) is 11.8 Å². The van der Waals surface area contributed by atoms with Gasteiger partial charge < -0.3 is 10.1 Å². The van der Waals surface area contributed by atoms with Crippen molar-refractivity contribution in [3.05, 3.63) is 12.2 Å². The Balaban J connectivity index is 2.00. The number of carbonyl (C=O) groups excluding carboxylic acids is 5. The van der Waals surface area contributed by atoms with Gasteiger partial charge in [0.05, 0.1) is 11.8 Å². The lowest BCUT2D eigenvalue weighted by atomic mass is 9.85. The molecule has 2 aliphatic rings. The molecular formula is C16H21N3O6. The number of amides is 5. The van der Waals surface area contributed by atoms with Gasteiger partial charge in [-0.1, -0.05) is 12.2 Å². The van der Waals surface area contributed by atoms with E-state index in [2.05, 4.69) is 5.32 Å². The van der Waals surface area contributed by atoms with Crippen LogP contribution in [-0.4, -0.2) is 53.8 Å². The molecule has 0 aromatic carbocycles. The van der Waals surface area contributed by atoms with Crippen LogP contribution in [-0.2, 0) is 23.9 Å². The van der Waals surface area contributed by atoms with E-state index in [-0.39, 0.29) is 0 Å². The first-order valence-electron chi connectivity index (χ1n) is 8.02. The molecular weight excluding hydrogens is 330 g/mol. The van der Waals surface area contributed by atoms with E-state index < -0.39 is 53.7 Å². The van der Waals surface area contributed by atoms with Crippen LogP contribution in [0.1, 0.15) is 26.7 Å². The Labute approximate surface area is 144 Å². The highest BCUT2D eigenvalue weighted by Crippen LogP contribution is 2.36. The highest BCUT2D eigenvalue weighted by Gasteiger charge is 2.50.